The number of thiazole rings is 1. The van der Waals surface area contributed by atoms with Crippen molar-refractivity contribution < 1.29 is 14.3 Å². The van der Waals surface area contributed by atoms with E-state index >= 15 is 0 Å². The predicted molar refractivity (Wildman–Crippen MR) is 108 cm³/mol. The van der Waals surface area contributed by atoms with Gasteiger partial charge in [-0.2, -0.15) is 0 Å². The van der Waals surface area contributed by atoms with E-state index in [9.17, 15) is 4.79 Å². The van der Waals surface area contributed by atoms with Crippen LogP contribution in [0.25, 0.3) is 10.6 Å². The third kappa shape index (κ3) is 3.95. The maximum Gasteiger partial charge on any atom is 0.255 e. The van der Waals surface area contributed by atoms with Gasteiger partial charge in [0.05, 0.1) is 32.0 Å². The van der Waals surface area contributed by atoms with Crippen molar-refractivity contribution in [1.82, 2.24) is 10.3 Å². The van der Waals surface area contributed by atoms with Crippen LogP contribution in [0.4, 0.5) is 0 Å². The summed E-state index contributed by atoms with van der Waals surface area (Å²) in [7, 11) is 3.07. The molecule has 1 aromatic heterocycles. The molecule has 0 atom stereocenters. The van der Waals surface area contributed by atoms with Crippen LogP contribution in [0, 0.1) is 13.8 Å². The van der Waals surface area contributed by atoms with Crippen molar-refractivity contribution in [3.05, 3.63) is 64.2 Å². The average molecular weight is 382 g/mol. The maximum atomic E-state index is 12.6. The van der Waals surface area contributed by atoms with Gasteiger partial charge in [-0.25, -0.2) is 4.98 Å². The molecule has 1 amide bonds. The molecule has 27 heavy (non-hydrogen) atoms. The SMILES string of the molecule is COc1cccc(C(=O)NCc2sc(-c3ccccc3C)nc2C)c1OC. The number of hydrogen-bond donors (Lipinski definition) is 1. The third-order valence-electron chi connectivity index (χ3n) is 4.33. The van der Waals surface area contributed by atoms with Gasteiger partial charge in [-0.1, -0.05) is 30.3 Å². The molecule has 0 unspecified atom stereocenters. The van der Waals surface area contributed by atoms with Gasteiger partial charge in [0.1, 0.15) is 5.01 Å². The summed E-state index contributed by atoms with van der Waals surface area (Å²) in [6, 6.07) is 13.4. The second-order valence-corrected chi connectivity index (χ2v) is 7.15. The van der Waals surface area contributed by atoms with Gasteiger partial charge >= 0.3 is 0 Å². The highest BCUT2D eigenvalue weighted by atomic mass is 32.1. The van der Waals surface area contributed by atoms with Crippen LogP contribution in [0.1, 0.15) is 26.5 Å². The van der Waals surface area contributed by atoms with Gasteiger partial charge in [-0.05, 0) is 31.5 Å². The Balaban J connectivity index is 1.78. The van der Waals surface area contributed by atoms with Crippen LogP contribution < -0.4 is 14.8 Å². The smallest absolute Gasteiger partial charge is 0.255 e. The van der Waals surface area contributed by atoms with E-state index in [2.05, 4.69) is 29.4 Å². The fourth-order valence-corrected chi connectivity index (χ4v) is 3.93. The quantitative estimate of drug-likeness (QED) is 0.687. The Labute approximate surface area is 163 Å². The number of hydrogen-bond acceptors (Lipinski definition) is 5. The summed E-state index contributed by atoms with van der Waals surface area (Å²) in [6.45, 7) is 4.45. The molecule has 0 bridgehead atoms. The highest BCUT2D eigenvalue weighted by Crippen LogP contribution is 2.32. The summed E-state index contributed by atoms with van der Waals surface area (Å²) >= 11 is 1.60. The van der Waals surface area contributed by atoms with Gasteiger partial charge in [0.2, 0.25) is 0 Å². The molecule has 140 valence electrons. The number of amides is 1. The van der Waals surface area contributed by atoms with E-state index in [-0.39, 0.29) is 5.91 Å². The first kappa shape index (κ1) is 18.9. The number of nitrogens with one attached hydrogen (secondary N) is 1. The lowest BCUT2D eigenvalue weighted by Crippen LogP contribution is -2.23. The van der Waals surface area contributed by atoms with Crippen LogP contribution in [-0.4, -0.2) is 25.1 Å². The van der Waals surface area contributed by atoms with Gasteiger partial charge in [0.25, 0.3) is 5.91 Å². The molecule has 0 fully saturated rings. The second-order valence-electron chi connectivity index (χ2n) is 6.07. The molecular formula is C21H22N2O3S. The van der Waals surface area contributed by atoms with E-state index < -0.39 is 0 Å². The van der Waals surface area contributed by atoms with E-state index in [0.29, 0.717) is 23.6 Å². The summed E-state index contributed by atoms with van der Waals surface area (Å²) < 4.78 is 10.6. The topological polar surface area (TPSA) is 60.5 Å². The number of ether oxygens (including phenoxy) is 2. The minimum atomic E-state index is -0.212. The van der Waals surface area contributed by atoms with Crippen LogP contribution in [0.15, 0.2) is 42.5 Å². The zero-order chi connectivity index (χ0) is 19.4. The largest absolute Gasteiger partial charge is 0.493 e. The van der Waals surface area contributed by atoms with Crippen molar-refractivity contribution in [3.63, 3.8) is 0 Å². The normalized spacial score (nSPS) is 10.5. The molecule has 0 spiro atoms. The Hall–Kier alpha value is -2.86. The van der Waals surface area contributed by atoms with E-state index in [1.807, 2.05) is 19.1 Å². The molecule has 0 radical (unpaired) electrons. The molecule has 0 aliphatic rings. The molecular weight excluding hydrogens is 360 g/mol. The van der Waals surface area contributed by atoms with E-state index in [4.69, 9.17) is 9.47 Å². The molecule has 5 nitrogen and oxygen atoms in total. The van der Waals surface area contributed by atoms with Crippen LogP contribution in [-0.2, 0) is 6.54 Å². The van der Waals surface area contributed by atoms with Gasteiger partial charge in [-0.3, -0.25) is 4.79 Å². The number of para-hydroxylation sites is 1. The summed E-state index contributed by atoms with van der Waals surface area (Å²) in [5, 5.41) is 3.92. The van der Waals surface area contributed by atoms with Crippen LogP contribution in [0.2, 0.25) is 0 Å². The van der Waals surface area contributed by atoms with Crippen molar-refractivity contribution in [3.8, 4) is 22.1 Å². The average Bonchev–Trinajstić information content (AvgIpc) is 3.06. The fourth-order valence-electron chi connectivity index (χ4n) is 2.84. The Morgan fingerprint density at radius 2 is 1.85 bits per heavy atom. The molecule has 0 saturated heterocycles. The van der Waals surface area contributed by atoms with E-state index in [1.165, 1.54) is 12.7 Å². The zero-order valence-corrected chi connectivity index (χ0v) is 16.6. The van der Waals surface area contributed by atoms with Crippen molar-refractivity contribution in [2.45, 2.75) is 20.4 Å². The number of rotatable bonds is 6. The first-order chi connectivity index (χ1) is 13.0. The molecule has 3 rings (SSSR count). The zero-order valence-electron chi connectivity index (χ0n) is 15.8. The number of carbonyl (C=O) groups is 1. The molecule has 2 aromatic carbocycles. The molecule has 0 saturated carbocycles. The summed E-state index contributed by atoms with van der Waals surface area (Å²) in [5.41, 5.74) is 3.68. The Morgan fingerprint density at radius 3 is 2.56 bits per heavy atom. The number of carbonyl (C=O) groups excluding carboxylic acids is 1. The first-order valence-electron chi connectivity index (χ1n) is 8.56. The van der Waals surface area contributed by atoms with Crippen molar-refractivity contribution in [1.29, 1.82) is 0 Å². The van der Waals surface area contributed by atoms with Gasteiger partial charge in [0, 0.05) is 10.4 Å². The lowest BCUT2D eigenvalue weighted by molar-refractivity contribution is 0.0947. The molecule has 3 aromatic rings. The number of aryl methyl sites for hydroxylation is 2. The number of aromatic nitrogens is 1. The van der Waals surface area contributed by atoms with Crippen molar-refractivity contribution in [2.75, 3.05) is 14.2 Å². The lowest BCUT2D eigenvalue weighted by atomic mass is 10.1. The Morgan fingerprint density at radius 1 is 1.07 bits per heavy atom. The van der Waals surface area contributed by atoms with Crippen LogP contribution >= 0.6 is 11.3 Å². The van der Waals surface area contributed by atoms with Gasteiger partial charge in [0.15, 0.2) is 11.5 Å². The van der Waals surface area contributed by atoms with E-state index in [0.717, 1.165) is 21.1 Å². The fraction of sp³-hybridized carbons (Fsp3) is 0.238. The first-order valence-corrected chi connectivity index (χ1v) is 9.38. The number of nitrogens with zero attached hydrogens (tertiary/aromatic N) is 1. The summed E-state index contributed by atoms with van der Waals surface area (Å²) in [5.74, 6) is 0.746. The van der Waals surface area contributed by atoms with Gasteiger partial charge < -0.3 is 14.8 Å². The Kier molecular flexibility index (Phi) is 5.76. The molecule has 0 aliphatic carbocycles. The standard InChI is InChI=1S/C21H22N2O3S/c1-13-8-5-6-9-15(13)21-23-14(2)18(27-21)12-22-20(24)16-10-7-11-17(25-3)19(16)26-4/h5-11H,12H2,1-4H3,(H,22,24). The van der Waals surface area contributed by atoms with Crippen molar-refractivity contribution >= 4 is 17.2 Å². The van der Waals surface area contributed by atoms with Gasteiger partial charge in [-0.15, -0.1) is 11.3 Å². The monoisotopic (exact) mass is 382 g/mol. The molecule has 0 aliphatic heterocycles. The predicted octanol–water partition coefficient (Wildman–Crippen LogP) is 4.37. The number of methoxy groups -OCH3 is 2. The maximum absolute atomic E-state index is 12.6. The van der Waals surface area contributed by atoms with E-state index in [1.54, 1.807) is 36.6 Å². The summed E-state index contributed by atoms with van der Waals surface area (Å²) in [4.78, 5) is 18.4. The highest BCUT2D eigenvalue weighted by molar-refractivity contribution is 7.15. The van der Waals surface area contributed by atoms with Crippen LogP contribution in [0.3, 0.4) is 0 Å². The molecule has 1 N–H and O–H groups in total. The minimum Gasteiger partial charge on any atom is -0.493 e. The summed E-state index contributed by atoms with van der Waals surface area (Å²) in [6.07, 6.45) is 0. The Bertz CT molecular complexity index is 966. The highest BCUT2D eigenvalue weighted by Gasteiger charge is 2.17. The second kappa shape index (κ2) is 8.22. The van der Waals surface area contributed by atoms with Crippen LogP contribution in [0.5, 0.6) is 11.5 Å². The molecule has 6 heteroatoms. The molecule has 1 heterocycles. The minimum absolute atomic E-state index is 0.212. The number of benzene rings is 2. The third-order valence-corrected chi connectivity index (χ3v) is 5.52. The lowest BCUT2D eigenvalue weighted by Gasteiger charge is -2.12. The van der Waals surface area contributed by atoms with Crippen molar-refractivity contribution in [2.24, 2.45) is 0 Å².